The van der Waals surface area contributed by atoms with Crippen LogP contribution in [0.2, 0.25) is 0 Å². The predicted molar refractivity (Wildman–Crippen MR) is 83.3 cm³/mol. The first kappa shape index (κ1) is 17.0. The van der Waals surface area contributed by atoms with Crippen molar-refractivity contribution in [2.24, 2.45) is 11.7 Å². The number of ether oxygens (including phenoxy) is 1. The maximum atomic E-state index is 6.46. The predicted octanol–water partition coefficient (Wildman–Crippen LogP) is 4.66. The van der Waals surface area contributed by atoms with E-state index in [1.54, 1.807) is 0 Å². The Bertz CT molecular complexity index is 221. The van der Waals surface area contributed by atoms with Gasteiger partial charge in [-0.3, -0.25) is 0 Å². The fourth-order valence-corrected chi connectivity index (χ4v) is 3.38. The van der Waals surface area contributed by atoms with Gasteiger partial charge in [0, 0.05) is 13.2 Å². The molecule has 0 heterocycles. The fourth-order valence-electron chi connectivity index (χ4n) is 3.38. The van der Waals surface area contributed by atoms with Crippen LogP contribution in [-0.4, -0.2) is 18.8 Å². The molecule has 2 heteroatoms. The average Bonchev–Trinajstić information content (AvgIpc) is 2.43. The summed E-state index contributed by atoms with van der Waals surface area (Å²) in [7, 11) is 1.86. The molecule has 1 atom stereocenters. The van der Waals surface area contributed by atoms with Crippen LogP contribution in [0, 0.1) is 5.92 Å². The van der Waals surface area contributed by atoms with Gasteiger partial charge in [-0.1, -0.05) is 52.4 Å². The van der Waals surface area contributed by atoms with E-state index in [4.69, 9.17) is 10.5 Å². The Morgan fingerprint density at radius 1 is 1.11 bits per heavy atom. The zero-order chi connectivity index (χ0) is 14.1. The van der Waals surface area contributed by atoms with Gasteiger partial charge in [-0.15, -0.1) is 0 Å². The van der Waals surface area contributed by atoms with Crippen LogP contribution < -0.4 is 5.73 Å². The van der Waals surface area contributed by atoms with Gasteiger partial charge >= 0.3 is 0 Å². The summed E-state index contributed by atoms with van der Waals surface area (Å²) in [4.78, 5) is 0. The summed E-state index contributed by atoms with van der Waals surface area (Å²) in [5.74, 6) is 0.851. The van der Waals surface area contributed by atoms with Crippen molar-refractivity contribution in [3.05, 3.63) is 0 Å². The zero-order valence-electron chi connectivity index (χ0n) is 13.4. The molecule has 1 rings (SSSR count). The number of nitrogens with two attached hydrogens (primary N) is 1. The van der Waals surface area contributed by atoms with Crippen LogP contribution in [-0.2, 0) is 4.74 Å². The Kier molecular flexibility index (Phi) is 8.01. The standard InChI is InChI=1S/C17H35NO/c1-4-5-6-7-8-9-10-16(18)17(19-3)13-11-15(2)12-14-17/h15-16H,4-14,18H2,1-3H3. The van der Waals surface area contributed by atoms with Gasteiger partial charge in [0.15, 0.2) is 0 Å². The summed E-state index contributed by atoms with van der Waals surface area (Å²) in [6.07, 6.45) is 14.1. The number of rotatable bonds is 9. The molecule has 0 saturated heterocycles. The molecule has 0 aromatic heterocycles. The molecule has 2 N–H and O–H groups in total. The van der Waals surface area contributed by atoms with Crippen molar-refractivity contribution < 1.29 is 4.74 Å². The molecule has 2 nitrogen and oxygen atoms in total. The zero-order valence-corrected chi connectivity index (χ0v) is 13.4. The van der Waals surface area contributed by atoms with Crippen molar-refractivity contribution in [2.45, 2.75) is 96.1 Å². The van der Waals surface area contributed by atoms with E-state index in [9.17, 15) is 0 Å². The third kappa shape index (κ3) is 5.43. The van der Waals surface area contributed by atoms with Gasteiger partial charge in [0.25, 0.3) is 0 Å². The van der Waals surface area contributed by atoms with E-state index in [0.717, 1.165) is 25.2 Å². The highest BCUT2D eigenvalue weighted by Gasteiger charge is 2.39. The second-order valence-corrected chi connectivity index (χ2v) is 6.61. The van der Waals surface area contributed by atoms with Crippen LogP contribution in [0.3, 0.4) is 0 Å². The quantitative estimate of drug-likeness (QED) is 0.618. The van der Waals surface area contributed by atoms with Crippen molar-refractivity contribution in [1.82, 2.24) is 0 Å². The summed E-state index contributed by atoms with van der Waals surface area (Å²) in [5, 5.41) is 0. The van der Waals surface area contributed by atoms with E-state index in [1.807, 2.05) is 7.11 Å². The van der Waals surface area contributed by atoms with Crippen molar-refractivity contribution in [1.29, 1.82) is 0 Å². The maximum Gasteiger partial charge on any atom is 0.0829 e. The van der Waals surface area contributed by atoms with E-state index in [-0.39, 0.29) is 11.6 Å². The lowest BCUT2D eigenvalue weighted by Gasteiger charge is -2.42. The highest BCUT2D eigenvalue weighted by atomic mass is 16.5. The molecule has 1 saturated carbocycles. The molecule has 0 aromatic carbocycles. The van der Waals surface area contributed by atoms with E-state index >= 15 is 0 Å². The molecule has 1 aliphatic carbocycles. The second kappa shape index (κ2) is 8.97. The Morgan fingerprint density at radius 2 is 1.68 bits per heavy atom. The highest BCUT2D eigenvalue weighted by molar-refractivity contribution is 4.94. The minimum Gasteiger partial charge on any atom is -0.377 e. The fraction of sp³-hybridized carbons (Fsp3) is 1.00. The molecule has 0 aliphatic heterocycles. The first-order valence-corrected chi connectivity index (χ1v) is 8.45. The van der Waals surface area contributed by atoms with Crippen LogP contribution in [0.4, 0.5) is 0 Å². The Hall–Kier alpha value is -0.0800. The van der Waals surface area contributed by atoms with Gasteiger partial charge in [-0.25, -0.2) is 0 Å². The van der Waals surface area contributed by atoms with Gasteiger partial charge in [0.2, 0.25) is 0 Å². The lowest BCUT2D eigenvalue weighted by atomic mass is 9.74. The van der Waals surface area contributed by atoms with Gasteiger partial charge in [0.05, 0.1) is 5.60 Å². The van der Waals surface area contributed by atoms with E-state index in [1.165, 1.54) is 51.4 Å². The van der Waals surface area contributed by atoms with E-state index < -0.39 is 0 Å². The Morgan fingerprint density at radius 3 is 2.26 bits per heavy atom. The monoisotopic (exact) mass is 269 g/mol. The van der Waals surface area contributed by atoms with Crippen LogP contribution in [0.15, 0.2) is 0 Å². The molecule has 1 unspecified atom stereocenters. The molecule has 0 bridgehead atoms. The maximum absolute atomic E-state index is 6.46. The summed E-state index contributed by atoms with van der Waals surface area (Å²) in [5.41, 5.74) is 6.44. The third-order valence-corrected chi connectivity index (χ3v) is 5.07. The van der Waals surface area contributed by atoms with Crippen molar-refractivity contribution in [2.75, 3.05) is 7.11 Å². The summed E-state index contributed by atoms with van der Waals surface area (Å²) in [6.45, 7) is 4.61. The van der Waals surface area contributed by atoms with Gasteiger partial charge < -0.3 is 10.5 Å². The first-order chi connectivity index (χ1) is 9.14. The minimum atomic E-state index is -0.0179. The molecule has 0 spiro atoms. The number of hydrogen-bond donors (Lipinski definition) is 1. The van der Waals surface area contributed by atoms with Crippen molar-refractivity contribution >= 4 is 0 Å². The van der Waals surface area contributed by atoms with Gasteiger partial charge in [-0.05, 0) is 38.0 Å². The molecule has 1 fully saturated rings. The van der Waals surface area contributed by atoms with Gasteiger partial charge in [0.1, 0.15) is 0 Å². The van der Waals surface area contributed by atoms with Crippen LogP contribution in [0.1, 0.15) is 84.5 Å². The van der Waals surface area contributed by atoms with Crippen LogP contribution >= 0.6 is 0 Å². The lowest BCUT2D eigenvalue weighted by molar-refractivity contribution is -0.0680. The summed E-state index contributed by atoms with van der Waals surface area (Å²) < 4.78 is 5.86. The van der Waals surface area contributed by atoms with Crippen molar-refractivity contribution in [3.8, 4) is 0 Å². The summed E-state index contributed by atoms with van der Waals surface area (Å²) >= 11 is 0. The van der Waals surface area contributed by atoms with E-state index in [2.05, 4.69) is 13.8 Å². The van der Waals surface area contributed by atoms with E-state index in [0.29, 0.717) is 0 Å². The normalized spacial score (nSPS) is 29.4. The molecule has 1 aliphatic rings. The molecule has 19 heavy (non-hydrogen) atoms. The first-order valence-electron chi connectivity index (χ1n) is 8.45. The highest BCUT2D eigenvalue weighted by Crippen LogP contribution is 2.37. The average molecular weight is 269 g/mol. The molecule has 114 valence electrons. The Labute approximate surface area is 120 Å². The topological polar surface area (TPSA) is 35.2 Å². The lowest BCUT2D eigenvalue weighted by Crippen LogP contribution is -2.51. The Balaban J connectivity index is 2.24. The SMILES string of the molecule is CCCCCCCCC(N)C1(OC)CCC(C)CC1. The summed E-state index contributed by atoms with van der Waals surface area (Å²) in [6, 6.07) is 0.233. The molecular weight excluding hydrogens is 234 g/mol. The van der Waals surface area contributed by atoms with Crippen molar-refractivity contribution in [3.63, 3.8) is 0 Å². The largest absolute Gasteiger partial charge is 0.377 e. The second-order valence-electron chi connectivity index (χ2n) is 6.61. The number of unbranched alkanes of at least 4 members (excludes halogenated alkanes) is 5. The number of hydrogen-bond acceptors (Lipinski definition) is 2. The van der Waals surface area contributed by atoms with Crippen LogP contribution in [0.5, 0.6) is 0 Å². The number of methoxy groups -OCH3 is 1. The molecule has 0 amide bonds. The van der Waals surface area contributed by atoms with Crippen LogP contribution in [0.25, 0.3) is 0 Å². The smallest absolute Gasteiger partial charge is 0.0829 e. The third-order valence-electron chi connectivity index (χ3n) is 5.07. The minimum absolute atomic E-state index is 0.0179. The molecular formula is C17H35NO. The molecule has 0 aromatic rings. The van der Waals surface area contributed by atoms with Gasteiger partial charge in [-0.2, -0.15) is 0 Å². The molecule has 0 radical (unpaired) electrons.